The van der Waals surface area contributed by atoms with Crippen LogP contribution in [0.4, 0.5) is 10.1 Å². The molecule has 0 fully saturated rings. The van der Waals surface area contributed by atoms with Gasteiger partial charge in [-0.25, -0.2) is 9.37 Å². The first kappa shape index (κ1) is 9.51. The molecule has 0 aliphatic heterocycles. The van der Waals surface area contributed by atoms with Crippen molar-refractivity contribution in [3.8, 4) is 11.8 Å². The van der Waals surface area contributed by atoms with Crippen molar-refractivity contribution in [3.63, 3.8) is 0 Å². The van der Waals surface area contributed by atoms with Gasteiger partial charge in [-0.3, -0.25) is 0 Å². The second-order valence-electron chi connectivity index (χ2n) is 3.11. The molecular weight excluding hydrogens is 197 g/mol. The number of nitrogens with two attached hydrogens (primary N) is 1. The predicted molar refractivity (Wildman–Crippen MR) is 54.1 cm³/mol. The van der Waals surface area contributed by atoms with Crippen LogP contribution < -0.4 is 10.5 Å². The van der Waals surface area contributed by atoms with Crippen LogP contribution in [0.3, 0.4) is 0 Å². The van der Waals surface area contributed by atoms with Crippen molar-refractivity contribution in [1.29, 1.82) is 0 Å². The number of hydrogen-bond acceptors (Lipinski definition) is 3. The predicted octanol–water partition coefficient (Wildman–Crippen LogP) is 1.93. The van der Waals surface area contributed by atoms with Crippen molar-refractivity contribution in [2.45, 2.75) is 0 Å². The molecule has 0 unspecified atom stereocenters. The van der Waals surface area contributed by atoms with Gasteiger partial charge in [-0.15, -0.1) is 0 Å². The number of imidazole rings is 1. The molecule has 4 nitrogen and oxygen atoms in total. The molecule has 0 bridgehead atoms. The maximum absolute atomic E-state index is 13.3. The number of aromatic nitrogens is 2. The highest BCUT2D eigenvalue weighted by Gasteiger charge is 2.07. The van der Waals surface area contributed by atoms with Gasteiger partial charge < -0.3 is 15.0 Å². The van der Waals surface area contributed by atoms with E-state index in [-0.39, 0.29) is 5.75 Å². The third-order valence-corrected chi connectivity index (χ3v) is 1.93. The van der Waals surface area contributed by atoms with E-state index in [1.54, 1.807) is 30.1 Å². The SMILES string of the molecule is Cn1ccnc1Oc1ccc(N)cc1F. The summed E-state index contributed by atoms with van der Waals surface area (Å²) in [7, 11) is 1.76. The summed E-state index contributed by atoms with van der Waals surface area (Å²) in [5.74, 6) is -0.392. The third-order valence-electron chi connectivity index (χ3n) is 1.93. The van der Waals surface area contributed by atoms with Gasteiger partial charge in [-0.1, -0.05) is 0 Å². The average Bonchev–Trinajstić information content (AvgIpc) is 2.57. The van der Waals surface area contributed by atoms with Crippen LogP contribution in [0.5, 0.6) is 11.8 Å². The standard InChI is InChI=1S/C10H10FN3O/c1-14-5-4-13-10(14)15-9-3-2-7(12)6-8(9)11/h2-6H,12H2,1H3. The van der Waals surface area contributed by atoms with Crippen molar-refractivity contribution in [2.75, 3.05) is 5.73 Å². The molecule has 2 aromatic rings. The number of hydrogen-bond donors (Lipinski definition) is 1. The second-order valence-corrected chi connectivity index (χ2v) is 3.11. The number of halogens is 1. The fraction of sp³-hybridized carbons (Fsp3) is 0.100. The van der Waals surface area contributed by atoms with Crippen LogP contribution in [0.1, 0.15) is 0 Å². The monoisotopic (exact) mass is 207 g/mol. The minimum atomic E-state index is -0.502. The number of nitrogens with zero attached hydrogens (tertiary/aromatic N) is 2. The molecular formula is C10H10FN3O. The fourth-order valence-corrected chi connectivity index (χ4v) is 1.15. The Balaban J connectivity index is 2.29. The lowest BCUT2D eigenvalue weighted by atomic mass is 10.3. The summed E-state index contributed by atoms with van der Waals surface area (Å²) in [6, 6.07) is 4.58. The number of rotatable bonds is 2. The van der Waals surface area contributed by atoms with Crippen LogP contribution in [-0.2, 0) is 7.05 Å². The molecule has 0 saturated carbocycles. The Labute approximate surface area is 86.1 Å². The molecule has 2 rings (SSSR count). The largest absolute Gasteiger partial charge is 0.422 e. The smallest absolute Gasteiger partial charge is 0.301 e. The molecule has 5 heteroatoms. The molecule has 0 atom stereocenters. The first-order chi connectivity index (χ1) is 7.16. The van der Waals surface area contributed by atoms with Gasteiger partial charge in [-0.05, 0) is 12.1 Å². The lowest BCUT2D eigenvalue weighted by molar-refractivity contribution is 0.398. The Bertz CT molecular complexity index is 481. The van der Waals surface area contributed by atoms with E-state index in [0.29, 0.717) is 11.7 Å². The minimum absolute atomic E-state index is 0.110. The second kappa shape index (κ2) is 3.61. The molecule has 0 aliphatic carbocycles. The molecule has 1 aromatic heterocycles. The van der Waals surface area contributed by atoms with Crippen LogP contribution in [0.25, 0.3) is 0 Å². The number of nitrogen functional groups attached to an aromatic ring is 1. The molecule has 0 saturated heterocycles. The van der Waals surface area contributed by atoms with Crippen molar-refractivity contribution in [3.05, 3.63) is 36.4 Å². The zero-order valence-corrected chi connectivity index (χ0v) is 8.14. The molecule has 2 N–H and O–H groups in total. The Morgan fingerprint density at radius 3 is 2.87 bits per heavy atom. The highest BCUT2D eigenvalue weighted by atomic mass is 19.1. The van der Waals surface area contributed by atoms with Crippen molar-refractivity contribution >= 4 is 5.69 Å². The van der Waals surface area contributed by atoms with Gasteiger partial charge >= 0.3 is 6.01 Å². The fourth-order valence-electron chi connectivity index (χ4n) is 1.15. The molecule has 0 amide bonds. The Morgan fingerprint density at radius 2 is 2.27 bits per heavy atom. The van der Waals surface area contributed by atoms with Gasteiger partial charge in [0.2, 0.25) is 0 Å². The van der Waals surface area contributed by atoms with E-state index in [1.807, 2.05) is 0 Å². The van der Waals surface area contributed by atoms with Gasteiger partial charge in [-0.2, -0.15) is 0 Å². The Hall–Kier alpha value is -2.04. The van der Waals surface area contributed by atoms with E-state index in [1.165, 1.54) is 12.1 Å². The highest BCUT2D eigenvalue weighted by Crippen LogP contribution is 2.24. The van der Waals surface area contributed by atoms with Crippen LogP contribution in [0.2, 0.25) is 0 Å². The number of aryl methyl sites for hydroxylation is 1. The van der Waals surface area contributed by atoms with Gasteiger partial charge in [0, 0.05) is 31.2 Å². The lowest BCUT2D eigenvalue weighted by Crippen LogP contribution is -1.96. The van der Waals surface area contributed by atoms with E-state index < -0.39 is 5.82 Å². The van der Waals surface area contributed by atoms with E-state index in [9.17, 15) is 4.39 Å². The van der Waals surface area contributed by atoms with Crippen molar-refractivity contribution in [2.24, 2.45) is 7.05 Å². The summed E-state index contributed by atoms with van der Waals surface area (Å²) in [6.07, 6.45) is 3.29. The maximum Gasteiger partial charge on any atom is 0.301 e. The molecule has 15 heavy (non-hydrogen) atoms. The topological polar surface area (TPSA) is 53.1 Å². The summed E-state index contributed by atoms with van der Waals surface area (Å²) in [5.41, 5.74) is 5.78. The highest BCUT2D eigenvalue weighted by molar-refractivity contribution is 5.43. The van der Waals surface area contributed by atoms with Crippen molar-refractivity contribution < 1.29 is 9.13 Å². The zero-order chi connectivity index (χ0) is 10.8. The normalized spacial score (nSPS) is 10.3. The van der Waals surface area contributed by atoms with Crippen molar-refractivity contribution in [1.82, 2.24) is 9.55 Å². The Kier molecular flexibility index (Phi) is 2.29. The van der Waals surface area contributed by atoms with E-state index in [4.69, 9.17) is 10.5 Å². The quantitative estimate of drug-likeness (QED) is 0.765. The molecule has 78 valence electrons. The number of anilines is 1. The third kappa shape index (κ3) is 1.90. The molecule has 0 radical (unpaired) electrons. The average molecular weight is 207 g/mol. The van der Waals surface area contributed by atoms with Gasteiger partial charge in [0.1, 0.15) is 0 Å². The molecule has 1 aromatic carbocycles. The van der Waals surface area contributed by atoms with Crippen LogP contribution in [-0.4, -0.2) is 9.55 Å². The molecule has 0 aliphatic rings. The summed E-state index contributed by atoms with van der Waals surface area (Å²) in [5, 5.41) is 0. The van der Waals surface area contributed by atoms with Gasteiger partial charge in [0.25, 0.3) is 0 Å². The number of ether oxygens (including phenoxy) is 1. The summed E-state index contributed by atoms with van der Waals surface area (Å²) in [6.45, 7) is 0. The first-order valence-corrected chi connectivity index (χ1v) is 4.37. The van der Waals surface area contributed by atoms with Gasteiger partial charge in [0.05, 0.1) is 0 Å². The van der Waals surface area contributed by atoms with Gasteiger partial charge in [0.15, 0.2) is 11.6 Å². The summed E-state index contributed by atoms with van der Waals surface area (Å²) < 4.78 is 20.2. The van der Waals surface area contributed by atoms with E-state index in [2.05, 4.69) is 4.98 Å². The maximum atomic E-state index is 13.3. The zero-order valence-electron chi connectivity index (χ0n) is 8.14. The van der Waals surface area contributed by atoms with Crippen LogP contribution in [0, 0.1) is 5.82 Å². The summed E-state index contributed by atoms with van der Waals surface area (Å²) in [4.78, 5) is 3.92. The van der Waals surface area contributed by atoms with E-state index >= 15 is 0 Å². The molecule has 0 spiro atoms. The summed E-state index contributed by atoms with van der Waals surface area (Å²) >= 11 is 0. The molecule has 1 heterocycles. The first-order valence-electron chi connectivity index (χ1n) is 4.37. The van der Waals surface area contributed by atoms with Crippen LogP contribution in [0.15, 0.2) is 30.6 Å². The number of benzene rings is 1. The van der Waals surface area contributed by atoms with Crippen LogP contribution >= 0.6 is 0 Å². The Morgan fingerprint density at radius 1 is 1.47 bits per heavy atom. The minimum Gasteiger partial charge on any atom is -0.422 e. The lowest BCUT2D eigenvalue weighted by Gasteiger charge is -2.06. The van der Waals surface area contributed by atoms with E-state index in [0.717, 1.165) is 0 Å².